The molecule has 0 aliphatic carbocycles. The van der Waals surface area contributed by atoms with Gasteiger partial charge in [0.05, 0.1) is 11.3 Å². The Balaban J connectivity index is 2.17. The highest BCUT2D eigenvalue weighted by Crippen LogP contribution is 2.22. The second-order valence-corrected chi connectivity index (χ2v) is 4.45. The number of furan rings is 1. The summed E-state index contributed by atoms with van der Waals surface area (Å²) in [7, 11) is 1.50. The van der Waals surface area contributed by atoms with Gasteiger partial charge in [0, 0.05) is 7.05 Å². The van der Waals surface area contributed by atoms with Crippen LogP contribution >= 0.6 is 15.9 Å². The summed E-state index contributed by atoms with van der Waals surface area (Å²) in [6.45, 7) is 0.198. The first-order valence-electron chi connectivity index (χ1n) is 5.19. The van der Waals surface area contributed by atoms with E-state index in [0.717, 1.165) is 0 Å². The van der Waals surface area contributed by atoms with Crippen LogP contribution in [0.4, 0.5) is 5.82 Å². The molecule has 0 spiro atoms. The molecule has 0 unspecified atom stereocenters. The molecule has 1 amide bonds. The molecule has 2 aromatic heterocycles. The van der Waals surface area contributed by atoms with Crippen molar-refractivity contribution >= 4 is 27.7 Å². The van der Waals surface area contributed by atoms with E-state index in [1.165, 1.54) is 24.0 Å². The quantitative estimate of drug-likeness (QED) is 0.677. The van der Waals surface area contributed by atoms with Crippen LogP contribution in [0.2, 0.25) is 0 Å². The van der Waals surface area contributed by atoms with E-state index < -0.39 is 4.92 Å². The molecule has 0 aliphatic rings. The van der Waals surface area contributed by atoms with Crippen molar-refractivity contribution in [2.45, 2.75) is 6.54 Å². The van der Waals surface area contributed by atoms with Gasteiger partial charge in [0.2, 0.25) is 0 Å². The van der Waals surface area contributed by atoms with Crippen LogP contribution in [0.1, 0.15) is 16.3 Å². The van der Waals surface area contributed by atoms with Crippen molar-refractivity contribution in [3.05, 3.63) is 44.4 Å². The molecule has 19 heavy (non-hydrogen) atoms. The van der Waals surface area contributed by atoms with Gasteiger partial charge in [-0.1, -0.05) is 0 Å². The minimum atomic E-state index is -0.585. The van der Waals surface area contributed by atoms with Crippen molar-refractivity contribution in [2.24, 2.45) is 0 Å². The van der Waals surface area contributed by atoms with Crippen molar-refractivity contribution in [2.75, 3.05) is 7.05 Å². The summed E-state index contributed by atoms with van der Waals surface area (Å²) in [5.41, 5.74) is 0. The number of nitrogens with zero attached hydrogens (tertiary/aromatic N) is 3. The fraction of sp³-hybridized carbons (Fsp3) is 0.200. The highest BCUT2D eigenvalue weighted by molar-refractivity contribution is 9.10. The molecule has 0 saturated carbocycles. The molecule has 2 aromatic rings. The van der Waals surface area contributed by atoms with Crippen LogP contribution in [0.5, 0.6) is 0 Å². The molecule has 100 valence electrons. The van der Waals surface area contributed by atoms with E-state index in [2.05, 4.69) is 26.3 Å². The molecule has 1 N–H and O–H groups in total. The monoisotopic (exact) mass is 328 g/mol. The van der Waals surface area contributed by atoms with E-state index in [1.54, 1.807) is 6.07 Å². The van der Waals surface area contributed by atoms with Crippen LogP contribution in [0.3, 0.4) is 0 Å². The van der Waals surface area contributed by atoms with Gasteiger partial charge >= 0.3 is 5.82 Å². The predicted octanol–water partition coefficient (Wildman–Crippen LogP) is 1.55. The first-order valence-corrected chi connectivity index (χ1v) is 5.98. The second kappa shape index (κ2) is 5.22. The average molecular weight is 329 g/mol. The van der Waals surface area contributed by atoms with Crippen molar-refractivity contribution in [3.63, 3.8) is 0 Å². The van der Waals surface area contributed by atoms with Crippen LogP contribution in [0, 0.1) is 10.1 Å². The molecular formula is C10H9BrN4O4. The number of carbonyl (C=O) groups excluding carboxylic acids is 1. The smallest absolute Gasteiger partial charge is 0.404 e. The normalized spacial score (nSPS) is 10.4. The van der Waals surface area contributed by atoms with Crippen LogP contribution in [0.25, 0.3) is 0 Å². The molecule has 0 atom stereocenters. The lowest BCUT2D eigenvalue weighted by Gasteiger charge is -1.94. The zero-order valence-electron chi connectivity index (χ0n) is 9.79. The van der Waals surface area contributed by atoms with Crippen LogP contribution in [-0.4, -0.2) is 27.7 Å². The fourth-order valence-electron chi connectivity index (χ4n) is 1.46. The Bertz CT molecular complexity index is 633. The zero-order valence-corrected chi connectivity index (χ0v) is 11.4. The Morgan fingerprint density at radius 2 is 2.37 bits per heavy atom. The SMILES string of the molecule is CNC(=O)c1ccc(Cn2cc(Br)c([N+](=O)[O-])n2)o1. The molecule has 0 aromatic carbocycles. The summed E-state index contributed by atoms with van der Waals surface area (Å²) in [5, 5.41) is 16.9. The molecular weight excluding hydrogens is 320 g/mol. The highest BCUT2D eigenvalue weighted by atomic mass is 79.9. The number of rotatable bonds is 4. The van der Waals surface area contributed by atoms with Gasteiger partial charge in [-0.2, -0.15) is 4.68 Å². The first-order chi connectivity index (χ1) is 9.01. The summed E-state index contributed by atoms with van der Waals surface area (Å²) < 4.78 is 6.94. The molecule has 0 radical (unpaired) electrons. The molecule has 0 fully saturated rings. The second-order valence-electron chi connectivity index (χ2n) is 3.60. The van der Waals surface area contributed by atoms with Crippen LogP contribution in [-0.2, 0) is 6.54 Å². The van der Waals surface area contributed by atoms with E-state index in [4.69, 9.17) is 4.42 Å². The zero-order chi connectivity index (χ0) is 14.0. The lowest BCUT2D eigenvalue weighted by Crippen LogP contribution is -2.16. The third-order valence-corrected chi connectivity index (χ3v) is 2.86. The van der Waals surface area contributed by atoms with Gasteiger partial charge in [-0.05, 0) is 33.0 Å². The number of hydrogen-bond donors (Lipinski definition) is 1. The standard InChI is InChI=1S/C10H9BrN4O4/c1-12-10(16)8-3-2-6(19-8)4-14-5-7(11)9(13-14)15(17)18/h2-3,5H,4H2,1H3,(H,12,16). The van der Waals surface area contributed by atoms with Crippen LogP contribution < -0.4 is 5.32 Å². The topological polar surface area (TPSA) is 103 Å². The lowest BCUT2D eigenvalue weighted by molar-refractivity contribution is -0.390. The largest absolute Gasteiger partial charge is 0.454 e. The number of nitro groups is 1. The maximum Gasteiger partial charge on any atom is 0.404 e. The van der Waals surface area contributed by atoms with Crippen molar-refractivity contribution in [3.8, 4) is 0 Å². The number of amides is 1. The summed E-state index contributed by atoms with van der Waals surface area (Å²) in [5.74, 6) is 0.0543. The van der Waals surface area contributed by atoms with Crippen molar-refractivity contribution < 1.29 is 14.1 Å². The summed E-state index contributed by atoms with van der Waals surface area (Å²) >= 11 is 3.05. The van der Waals surface area contributed by atoms with E-state index in [1.807, 2.05) is 0 Å². The summed E-state index contributed by atoms with van der Waals surface area (Å²) in [4.78, 5) is 21.4. The fourth-order valence-corrected chi connectivity index (χ4v) is 1.92. The van der Waals surface area contributed by atoms with Crippen molar-refractivity contribution in [1.29, 1.82) is 0 Å². The highest BCUT2D eigenvalue weighted by Gasteiger charge is 2.19. The third-order valence-electron chi connectivity index (χ3n) is 2.30. The van der Waals surface area contributed by atoms with Gasteiger partial charge in [-0.15, -0.1) is 0 Å². The first kappa shape index (κ1) is 13.3. The molecule has 0 bridgehead atoms. The molecule has 2 rings (SSSR count). The Hall–Kier alpha value is -2.16. The average Bonchev–Trinajstić information content (AvgIpc) is 2.95. The Kier molecular flexibility index (Phi) is 3.65. The number of halogens is 1. The van der Waals surface area contributed by atoms with Gasteiger partial charge < -0.3 is 19.8 Å². The maximum absolute atomic E-state index is 11.3. The number of nitrogens with one attached hydrogen (secondary N) is 1. The molecule has 8 nitrogen and oxygen atoms in total. The Morgan fingerprint density at radius 1 is 1.63 bits per heavy atom. The van der Waals surface area contributed by atoms with Gasteiger partial charge in [0.25, 0.3) is 5.91 Å². The molecule has 9 heteroatoms. The molecule has 2 heterocycles. The minimum Gasteiger partial charge on any atom is -0.454 e. The Morgan fingerprint density at radius 3 is 2.95 bits per heavy atom. The van der Waals surface area contributed by atoms with Crippen molar-refractivity contribution in [1.82, 2.24) is 15.1 Å². The Labute approximate surface area is 115 Å². The van der Waals surface area contributed by atoms with Gasteiger partial charge in [-0.25, -0.2) is 0 Å². The predicted molar refractivity (Wildman–Crippen MR) is 67.8 cm³/mol. The summed E-state index contributed by atoms with van der Waals surface area (Å²) in [6.07, 6.45) is 1.47. The molecule has 0 saturated heterocycles. The van der Waals surface area contributed by atoms with Gasteiger partial charge in [0.15, 0.2) is 5.76 Å². The number of aromatic nitrogens is 2. The van der Waals surface area contributed by atoms with Gasteiger partial charge in [-0.3, -0.25) is 4.79 Å². The van der Waals surface area contributed by atoms with E-state index >= 15 is 0 Å². The third kappa shape index (κ3) is 2.81. The number of carbonyl (C=O) groups is 1. The van der Waals surface area contributed by atoms with Crippen LogP contribution in [0.15, 0.2) is 27.2 Å². The lowest BCUT2D eigenvalue weighted by atomic mass is 10.4. The van der Waals surface area contributed by atoms with E-state index in [0.29, 0.717) is 5.76 Å². The summed E-state index contributed by atoms with van der Waals surface area (Å²) in [6, 6.07) is 3.15. The molecule has 0 aliphatic heterocycles. The van der Waals surface area contributed by atoms with Gasteiger partial charge in [0.1, 0.15) is 16.8 Å². The van der Waals surface area contributed by atoms with E-state index in [9.17, 15) is 14.9 Å². The minimum absolute atomic E-state index is 0.179. The van der Waals surface area contributed by atoms with E-state index in [-0.39, 0.29) is 28.5 Å². The maximum atomic E-state index is 11.3. The number of hydrogen-bond acceptors (Lipinski definition) is 5.